The van der Waals surface area contributed by atoms with Crippen molar-refractivity contribution in [1.82, 2.24) is 20.6 Å². The Kier molecular flexibility index (Phi) is 7.29. The number of aromatic nitrogens is 4. The molecular formula is C20H18ClF4N5O2. The molecule has 3 aromatic rings. The summed E-state index contributed by atoms with van der Waals surface area (Å²) in [6.45, 7) is 0. The number of primary amides is 1. The van der Waals surface area contributed by atoms with E-state index in [1.165, 1.54) is 24.3 Å². The van der Waals surface area contributed by atoms with Crippen molar-refractivity contribution in [2.75, 3.05) is 0 Å². The summed E-state index contributed by atoms with van der Waals surface area (Å²) in [4.78, 5) is 11.1. The maximum atomic E-state index is 14.3. The minimum absolute atomic E-state index is 0.141. The number of nitrogens with zero attached hydrogens (tertiary/aromatic N) is 3. The molecule has 1 unspecified atom stereocenters. The lowest BCUT2D eigenvalue weighted by Crippen LogP contribution is -2.17. The van der Waals surface area contributed by atoms with E-state index in [9.17, 15) is 22.4 Å². The highest BCUT2D eigenvalue weighted by molar-refractivity contribution is 6.32. The number of H-pyrrole nitrogens is 1. The molecule has 3 rings (SSSR count). The number of aromatic amines is 1. The quantitative estimate of drug-likeness (QED) is 0.445. The molecule has 170 valence electrons. The molecule has 0 spiro atoms. The zero-order valence-electron chi connectivity index (χ0n) is 16.5. The van der Waals surface area contributed by atoms with Gasteiger partial charge in [-0.3, -0.25) is 4.79 Å². The Balaban J connectivity index is 1.88. The maximum Gasteiger partial charge on any atom is 0.573 e. The monoisotopic (exact) mass is 471 g/mol. The number of amides is 1. The van der Waals surface area contributed by atoms with E-state index in [2.05, 4.69) is 25.4 Å². The SMILES string of the molecule is NC(=O)CCCC(Cc1ccc(OC(F)(F)F)c(Cl)c1)c1cc(F)cc(-c2nn[nH]n2)c1. The molecule has 0 aliphatic heterocycles. The predicted octanol–water partition coefficient (Wildman–Crippen LogP) is 4.54. The van der Waals surface area contributed by atoms with E-state index in [0.29, 0.717) is 36.0 Å². The lowest BCUT2D eigenvalue weighted by molar-refractivity contribution is -0.274. The van der Waals surface area contributed by atoms with Gasteiger partial charge < -0.3 is 10.5 Å². The molecule has 0 radical (unpaired) electrons. The summed E-state index contributed by atoms with van der Waals surface area (Å²) in [6.07, 6.45) is -3.49. The smallest absolute Gasteiger partial charge is 0.404 e. The minimum atomic E-state index is -4.87. The van der Waals surface area contributed by atoms with Crippen LogP contribution in [0.4, 0.5) is 17.6 Å². The Morgan fingerprint density at radius 3 is 2.62 bits per heavy atom. The summed E-state index contributed by atoms with van der Waals surface area (Å²) in [5, 5.41) is 13.3. The molecule has 0 saturated heterocycles. The summed E-state index contributed by atoms with van der Waals surface area (Å²) in [7, 11) is 0. The van der Waals surface area contributed by atoms with Crippen molar-refractivity contribution in [1.29, 1.82) is 0 Å². The zero-order valence-corrected chi connectivity index (χ0v) is 17.3. The first-order valence-corrected chi connectivity index (χ1v) is 9.85. The maximum absolute atomic E-state index is 14.3. The van der Waals surface area contributed by atoms with Crippen LogP contribution in [0, 0.1) is 5.82 Å². The van der Waals surface area contributed by atoms with E-state index in [1.54, 1.807) is 6.07 Å². The van der Waals surface area contributed by atoms with E-state index in [1.807, 2.05) is 0 Å². The van der Waals surface area contributed by atoms with Crippen LogP contribution in [-0.2, 0) is 11.2 Å². The fraction of sp³-hybridized carbons (Fsp3) is 0.300. The van der Waals surface area contributed by atoms with Crippen LogP contribution in [0.1, 0.15) is 36.3 Å². The van der Waals surface area contributed by atoms with Crippen molar-refractivity contribution >= 4 is 17.5 Å². The molecule has 7 nitrogen and oxygen atoms in total. The van der Waals surface area contributed by atoms with E-state index < -0.39 is 23.8 Å². The number of ether oxygens (including phenoxy) is 1. The summed E-state index contributed by atoms with van der Waals surface area (Å²) in [6, 6.07) is 8.25. The number of carbonyl (C=O) groups excluding carboxylic acids is 1. The van der Waals surface area contributed by atoms with Crippen LogP contribution in [0.5, 0.6) is 5.75 Å². The predicted molar refractivity (Wildman–Crippen MR) is 107 cm³/mol. The second-order valence-corrected chi connectivity index (χ2v) is 7.49. The second kappa shape index (κ2) is 9.94. The van der Waals surface area contributed by atoms with Gasteiger partial charge in [-0.25, -0.2) is 4.39 Å². The topological polar surface area (TPSA) is 107 Å². The van der Waals surface area contributed by atoms with E-state index >= 15 is 0 Å². The lowest BCUT2D eigenvalue weighted by atomic mass is 9.86. The molecular weight excluding hydrogens is 454 g/mol. The van der Waals surface area contributed by atoms with Crippen molar-refractivity contribution in [3.8, 4) is 17.1 Å². The third-order valence-corrected chi connectivity index (χ3v) is 4.97. The highest BCUT2D eigenvalue weighted by Crippen LogP contribution is 2.34. The zero-order chi connectivity index (χ0) is 23.3. The van der Waals surface area contributed by atoms with Gasteiger partial charge in [0.1, 0.15) is 11.6 Å². The molecule has 2 aromatic carbocycles. The molecule has 1 aromatic heterocycles. The molecule has 0 bridgehead atoms. The number of alkyl halides is 3. The van der Waals surface area contributed by atoms with Crippen LogP contribution in [-0.4, -0.2) is 32.9 Å². The number of hydrogen-bond donors (Lipinski definition) is 2. The Hall–Kier alpha value is -3.21. The third kappa shape index (κ3) is 6.64. The van der Waals surface area contributed by atoms with Crippen molar-refractivity contribution in [3.63, 3.8) is 0 Å². The third-order valence-electron chi connectivity index (χ3n) is 4.67. The van der Waals surface area contributed by atoms with Crippen LogP contribution >= 0.6 is 11.6 Å². The number of halogens is 5. The molecule has 0 aliphatic carbocycles. The van der Waals surface area contributed by atoms with Gasteiger partial charge in [0.05, 0.1) is 5.02 Å². The number of carbonyl (C=O) groups is 1. The van der Waals surface area contributed by atoms with E-state index in [-0.39, 0.29) is 23.2 Å². The molecule has 0 saturated carbocycles. The van der Waals surface area contributed by atoms with Gasteiger partial charge in [0, 0.05) is 12.0 Å². The molecule has 1 amide bonds. The van der Waals surface area contributed by atoms with Crippen molar-refractivity contribution in [3.05, 3.63) is 58.4 Å². The van der Waals surface area contributed by atoms with Gasteiger partial charge in [0.25, 0.3) is 0 Å². The Bertz CT molecular complexity index is 1080. The van der Waals surface area contributed by atoms with Crippen LogP contribution in [0.15, 0.2) is 36.4 Å². The molecule has 1 atom stereocenters. The van der Waals surface area contributed by atoms with Crippen LogP contribution < -0.4 is 10.5 Å². The first-order chi connectivity index (χ1) is 15.1. The first-order valence-electron chi connectivity index (χ1n) is 9.47. The molecule has 12 heteroatoms. The van der Waals surface area contributed by atoms with Gasteiger partial charge in [-0.15, -0.1) is 23.4 Å². The number of hydrogen-bond acceptors (Lipinski definition) is 5. The van der Waals surface area contributed by atoms with Crippen LogP contribution in [0.25, 0.3) is 11.4 Å². The summed E-state index contributed by atoms with van der Waals surface area (Å²) in [5.74, 6) is -1.58. The number of tetrazole rings is 1. The van der Waals surface area contributed by atoms with Gasteiger partial charge in [0.2, 0.25) is 11.7 Å². The Morgan fingerprint density at radius 2 is 2.00 bits per heavy atom. The standard InChI is InChI=1S/C20H18ClF4N5O2/c21-16-7-11(4-5-17(16)32-20(23,24)25)6-12(2-1-3-18(26)31)13-8-14(10-15(22)9-13)19-27-29-30-28-19/h4-5,7-10,12H,1-3,6H2,(H2,26,31)(H,27,28,29,30). The Labute approximate surface area is 184 Å². The highest BCUT2D eigenvalue weighted by atomic mass is 35.5. The fourth-order valence-corrected chi connectivity index (χ4v) is 3.58. The van der Waals surface area contributed by atoms with Gasteiger partial charge in [0.15, 0.2) is 0 Å². The molecule has 1 heterocycles. The average Bonchev–Trinajstić information content (AvgIpc) is 3.22. The van der Waals surface area contributed by atoms with Crippen molar-refractivity contribution < 1.29 is 27.1 Å². The number of rotatable bonds is 9. The minimum Gasteiger partial charge on any atom is -0.404 e. The highest BCUT2D eigenvalue weighted by Gasteiger charge is 2.32. The Morgan fingerprint density at radius 1 is 1.22 bits per heavy atom. The first kappa shape index (κ1) is 23.5. The normalized spacial score (nSPS) is 12.5. The molecule has 3 N–H and O–H groups in total. The summed E-state index contributed by atoms with van der Waals surface area (Å²) >= 11 is 5.96. The van der Waals surface area contributed by atoms with Crippen LogP contribution in [0.2, 0.25) is 5.02 Å². The second-order valence-electron chi connectivity index (χ2n) is 7.08. The largest absolute Gasteiger partial charge is 0.573 e. The fourth-order valence-electron chi connectivity index (χ4n) is 3.33. The average molecular weight is 472 g/mol. The van der Waals surface area contributed by atoms with Gasteiger partial charge in [-0.1, -0.05) is 17.7 Å². The van der Waals surface area contributed by atoms with Gasteiger partial charge >= 0.3 is 6.36 Å². The van der Waals surface area contributed by atoms with Gasteiger partial charge in [-0.05, 0) is 71.9 Å². The number of nitrogens with two attached hydrogens (primary N) is 1. The summed E-state index contributed by atoms with van der Waals surface area (Å²) < 4.78 is 55.7. The van der Waals surface area contributed by atoms with E-state index in [0.717, 1.165) is 6.07 Å². The van der Waals surface area contributed by atoms with E-state index in [4.69, 9.17) is 17.3 Å². The van der Waals surface area contributed by atoms with Crippen molar-refractivity contribution in [2.24, 2.45) is 5.73 Å². The number of benzene rings is 2. The molecule has 32 heavy (non-hydrogen) atoms. The molecule has 0 aliphatic rings. The van der Waals surface area contributed by atoms with Crippen LogP contribution in [0.3, 0.4) is 0 Å². The lowest BCUT2D eigenvalue weighted by Gasteiger charge is -2.19. The van der Waals surface area contributed by atoms with Crippen molar-refractivity contribution in [2.45, 2.75) is 38.0 Å². The molecule has 0 fully saturated rings. The summed E-state index contributed by atoms with van der Waals surface area (Å²) in [5.41, 5.74) is 6.83. The van der Waals surface area contributed by atoms with Gasteiger partial charge in [-0.2, -0.15) is 5.21 Å². The number of nitrogens with one attached hydrogen (secondary N) is 1.